The molecule has 0 atom stereocenters. The van der Waals surface area contributed by atoms with Crippen LogP contribution in [0.25, 0.3) is 0 Å². The van der Waals surface area contributed by atoms with Gasteiger partial charge in [-0.3, -0.25) is 4.79 Å². The normalized spacial score (nSPS) is 8.38. The summed E-state index contributed by atoms with van der Waals surface area (Å²) in [6, 6.07) is 0. The molecule has 0 heterocycles. The van der Waals surface area contributed by atoms with E-state index >= 15 is 0 Å². The van der Waals surface area contributed by atoms with Crippen molar-refractivity contribution < 1.29 is 28.8 Å². The molecular formula is C10H21LiO2. The first-order valence-corrected chi connectivity index (χ1v) is 4.65. The van der Waals surface area contributed by atoms with Gasteiger partial charge in [0, 0.05) is 0 Å². The van der Waals surface area contributed by atoms with Crippen LogP contribution in [0.1, 0.15) is 46.5 Å². The number of hydrogen-bond donors (Lipinski definition) is 1. The largest absolute Gasteiger partial charge is 1.00 e. The molecule has 0 bridgehead atoms. The van der Waals surface area contributed by atoms with E-state index in [-0.39, 0.29) is 24.8 Å². The second-order valence-corrected chi connectivity index (χ2v) is 2.61. The molecule has 0 rings (SSSR count). The predicted molar refractivity (Wildman–Crippen MR) is 52.0 cm³/mol. The Kier molecular flexibility index (Phi) is 21.1. The standard InChI is InChI=1S/C8H16O2.C2H5.Li/c1-3-5-7(6-4-2)8(9)10;1-2;/h7H,3-6H2,1-2H3,(H,9,10);1H2,2H3;/q;-1;+1. The fourth-order valence-corrected chi connectivity index (χ4v) is 1.09. The van der Waals surface area contributed by atoms with Crippen LogP contribution in [0.4, 0.5) is 0 Å². The van der Waals surface area contributed by atoms with E-state index in [4.69, 9.17) is 5.11 Å². The number of carboxylic acids is 1. The Morgan fingerprint density at radius 1 is 1.23 bits per heavy atom. The number of rotatable bonds is 5. The molecule has 13 heavy (non-hydrogen) atoms. The van der Waals surface area contributed by atoms with Gasteiger partial charge in [-0.15, -0.1) is 0 Å². The van der Waals surface area contributed by atoms with Crippen molar-refractivity contribution >= 4 is 5.97 Å². The molecule has 0 saturated carbocycles. The molecule has 0 aromatic rings. The maximum Gasteiger partial charge on any atom is 1.00 e. The number of aliphatic carboxylic acids is 1. The fourth-order valence-electron chi connectivity index (χ4n) is 1.09. The van der Waals surface area contributed by atoms with Gasteiger partial charge in [0.25, 0.3) is 0 Å². The van der Waals surface area contributed by atoms with Gasteiger partial charge in [-0.1, -0.05) is 26.7 Å². The van der Waals surface area contributed by atoms with Gasteiger partial charge in [-0.25, -0.2) is 0 Å². The van der Waals surface area contributed by atoms with Crippen LogP contribution in [0.2, 0.25) is 0 Å². The summed E-state index contributed by atoms with van der Waals surface area (Å²) in [5, 5.41) is 8.64. The summed E-state index contributed by atoms with van der Waals surface area (Å²) < 4.78 is 0. The average Bonchev–Trinajstić information content (AvgIpc) is 2.08. The maximum atomic E-state index is 10.5. The summed E-state index contributed by atoms with van der Waals surface area (Å²) in [4.78, 5) is 10.5. The van der Waals surface area contributed by atoms with Crippen molar-refractivity contribution in [3.8, 4) is 0 Å². The van der Waals surface area contributed by atoms with Gasteiger partial charge in [0.1, 0.15) is 0 Å². The van der Waals surface area contributed by atoms with Crippen LogP contribution in [-0.2, 0) is 4.79 Å². The molecule has 2 nitrogen and oxygen atoms in total. The number of hydrogen-bond acceptors (Lipinski definition) is 1. The summed E-state index contributed by atoms with van der Waals surface area (Å²) in [7, 11) is 0. The molecular weight excluding hydrogens is 159 g/mol. The van der Waals surface area contributed by atoms with Crippen molar-refractivity contribution in [2.75, 3.05) is 0 Å². The zero-order valence-electron chi connectivity index (χ0n) is 9.47. The molecule has 74 valence electrons. The average molecular weight is 180 g/mol. The van der Waals surface area contributed by atoms with Crippen LogP contribution < -0.4 is 18.9 Å². The van der Waals surface area contributed by atoms with E-state index in [0.717, 1.165) is 25.7 Å². The minimum atomic E-state index is -0.635. The van der Waals surface area contributed by atoms with Crippen molar-refractivity contribution in [3.63, 3.8) is 0 Å². The Hall–Kier alpha value is 0.0674. The van der Waals surface area contributed by atoms with E-state index in [1.807, 2.05) is 13.8 Å². The van der Waals surface area contributed by atoms with E-state index in [2.05, 4.69) is 6.92 Å². The van der Waals surface area contributed by atoms with Crippen molar-refractivity contribution in [1.29, 1.82) is 0 Å². The zero-order valence-corrected chi connectivity index (χ0v) is 9.47. The fraction of sp³-hybridized carbons (Fsp3) is 0.800. The Labute approximate surface area is 94.3 Å². The van der Waals surface area contributed by atoms with Crippen LogP contribution in [0, 0.1) is 12.8 Å². The van der Waals surface area contributed by atoms with Gasteiger partial charge in [-0.2, -0.15) is 6.92 Å². The molecule has 0 aromatic carbocycles. The van der Waals surface area contributed by atoms with E-state index in [9.17, 15) is 4.79 Å². The van der Waals surface area contributed by atoms with Gasteiger partial charge in [0.15, 0.2) is 0 Å². The quantitative estimate of drug-likeness (QED) is 0.482. The van der Waals surface area contributed by atoms with Gasteiger partial charge in [0.2, 0.25) is 0 Å². The summed E-state index contributed by atoms with van der Waals surface area (Å²) in [6.07, 6.45) is 3.58. The van der Waals surface area contributed by atoms with E-state index in [0.29, 0.717) is 0 Å². The first-order chi connectivity index (χ1) is 5.72. The minimum Gasteiger partial charge on any atom is -0.481 e. The Balaban J connectivity index is -0.000000309. The molecule has 0 aliphatic rings. The molecule has 0 aromatic heterocycles. The predicted octanol–water partition coefficient (Wildman–Crippen LogP) is 0.132. The Morgan fingerprint density at radius 3 is 1.69 bits per heavy atom. The minimum absolute atomic E-state index is 0. The number of carboxylic acid groups (broad SMARTS) is 1. The van der Waals surface area contributed by atoms with Crippen molar-refractivity contribution in [1.82, 2.24) is 0 Å². The molecule has 0 amide bonds. The van der Waals surface area contributed by atoms with Crippen molar-refractivity contribution in [2.45, 2.75) is 46.5 Å². The zero-order chi connectivity index (χ0) is 9.98. The van der Waals surface area contributed by atoms with E-state index in [1.165, 1.54) is 0 Å². The summed E-state index contributed by atoms with van der Waals surface area (Å²) >= 11 is 0. The topological polar surface area (TPSA) is 37.3 Å². The summed E-state index contributed by atoms with van der Waals surface area (Å²) in [6.45, 7) is 9.04. The molecule has 0 fully saturated rings. The molecule has 1 N–H and O–H groups in total. The second-order valence-electron chi connectivity index (χ2n) is 2.61. The third kappa shape index (κ3) is 12.1. The SMILES string of the molecule is CCCC(CCC)C(=O)O.[CH2-]C.[Li+]. The van der Waals surface area contributed by atoms with Crippen LogP contribution in [0.5, 0.6) is 0 Å². The smallest absolute Gasteiger partial charge is 0.481 e. The van der Waals surface area contributed by atoms with E-state index in [1.54, 1.807) is 6.92 Å². The van der Waals surface area contributed by atoms with Crippen LogP contribution in [0.15, 0.2) is 0 Å². The molecule has 3 heteroatoms. The summed E-state index contributed by atoms with van der Waals surface area (Å²) in [5.41, 5.74) is 0. The van der Waals surface area contributed by atoms with Crippen LogP contribution in [0.3, 0.4) is 0 Å². The molecule has 0 aliphatic heterocycles. The van der Waals surface area contributed by atoms with Crippen LogP contribution in [-0.4, -0.2) is 11.1 Å². The molecule has 0 spiro atoms. The van der Waals surface area contributed by atoms with Gasteiger partial charge >= 0.3 is 24.8 Å². The second kappa shape index (κ2) is 14.6. The first-order valence-electron chi connectivity index (χ1n) is 4.65. The third-order valence-electron chi connectivity index (χ3n) is 1.62. The summed E-state index contributed by atoms with van der Waals surface area (Å²) in [5.74, 6) is -0.737. The van der Waals surface area contributed by atoms with Crippen molar-refractivity contribution in [2.24, 2.45) is 5.92 Å². The third-order valence-corrected chi connectivity index (χ3v) is 1.62. The van der Waals surface area contributed by atoms with Crippen LogP contribution >= 0.6 is 0 Å². The molecule has 0 saturated heterocycles. The molecule has 0 unspecified atom stereocenters. The number of carbonyl (C=O) groups is 1. The Bertz CT molecular complexity index is 99.1. The van der Waals surface area contributed by atoms with Gasteiger partial charge < -0.3 is 12.0 Å². The maximum absolute atomic E-state index is 10.5. The molecule has 0 radical (unpaired) electrons. The van der Waals surface area contributed by atoms with Crippen molar-refractivity contribution in [3.05, 3.63) is 6.92 Å². The Morgan fingerprint density at radius 2 is 1.54 bits per heavy atom. The van der Waals surface area contributed by atoms with Gasteiger partial charge in [0.05, 0.1) is 5.92 Å². The first kappa shape index (κ1) is 18.8. The molecule has 0 aliphatic carbocycles. The van der Waals surface area contributed by atoms with E-state index < -0.39 is 5.97 Å². The monoisotopic (exact) mass is 180 g/mol. The van der Waals surface area contributed by atoms with Gasteiger partial charge in [-0.05, 0) is 12.8 Å².